The van der Waals surface area contributed by atoms with Gasteiger partial charge in [-0.05, 0) is 13.0 Å². The number of pyridine rings is 1. The number of rotatable bonds is 3. The summed E-state index contributed by atoms with van der Waals surface area (Å²) in [5, 5.41) is 32.9. The Morgan fingerprint density at radius 1 is 1.23 bits per heavy atom. The highest BCUT2D eigenvalue weighted by Gasteiger charge is 2.38. The lowest BCUT2D eigenvalue weighted by molar-refractivity contribution is -0.0786. The molecular weight excluding hydrogens is 308 g/mol. The van der Waals surface area contributed by atoms with Crippen molar-refractivity contribution in [1.82, 2.24) is 10.1 Å². The largest absolute Gasteiger partial charge is 0.475 e. The van der Waals surface area contributed by atoms with Crippen molar-refractivity contribution >= 4 is 11.8 Å². The number of aliphatic hydroxyl groups excluding tert-OH is 3. The molecule has 0 amide bonds. The standard InChI is InChI=1S/C14H16N2O5S/c1-7-10(5-16-21-7)8-2-9(4-15-3-8)20-14-13(19)12(18)11(17)6-22-14/h2-5,11-14,17-19H,6H2,1H3/t11-,12+,13-,14-/m1/s1. The summed E-state index contributed by atoms with van der Waals surface area (Å²) in [5.74, 6) is 1.42. The van der Waals surface area contributed by atoms with Crippen LogP contribution in [0, 0.1) is 6.92 Å². The van der Waals surface area contributed by atoms with Crippen molar-refractivity contribution in [3.8, 4) is 16.9 Å². The maximum absolute atomic E-state index is 9.97. The third-order valence-electron chi connectivity index (χ3n) is 3.48. The predicted molar refractivity (Wildman–Crippen MR) is 79.4 cm³/mol. The van der Waals surface area contributed by atoms with Gasteiger partial charge in [0, 0.05) is 23.1 Å². The lowest BCUT2D eigenvalue weighted by Crippen LogP contribution is -2.50. The number of nitrogens with zero attached hydrogens (tertiary/aromatic N) is 2. The minimum Gasteiger partial charge on any atom is -0.475 e. The molecular formula is C14H16N2O5S. The Labute approximate surface area is 130 Å². The molecule has 1 aliphatic rings. The van der Waals surface area contributed by atoms with Crippen LogP contribution in [0.1, 0.15) is 5.76 Å². The maximum atomic E-state index is 9.97. The van der Waals surface area contributed by atoms with E-state index in [0.29, 0.717) is 17.3 Å². The van der Waals surface area contributed by atoms with Gasteiger partial charge in [-0.15, -0.1) is 11.8 Å². The zero-order chi connectivity index (χ0) is 15.7. The van der Waals surface area contributed by atoms with Crippen LogP contribution in [0.2, 0.25) is 0 Å². The number of hydrogen-bond donors (Lipinski definition) is 3. The Morgan fingerprint density at radius 2 is 2.05 bits per heavy atom. The van der Waals surface area contributed by atoms with Crippen molar-refractivity contribution in [2.24, 2.45) is 0 Å². The topological polar surface area (TPSA) is 109 Å². The van der Waals surface area contributed by atoms with Crippen molar-refractivity contribution in [1.29, 1.82) is 0 Å². The molecule has 3 rings (SSSR count). The van der Waals surface area contributed by atoms with E-state index in [4.69, 9.17) is 9.26 Å². The lowest BCUT2D eigenvalue weighted by atomic mass is 10.1. The minimum atomic E-state index is -1.22. The first-order chi connectivity index (χ1) is 10.6. The Morgan fingerprint density at radius 3 is 2.77 bits per heavy atom. The quantitative estimate of drug-likeness (QED) is 0.752. The number of aliphatic hydroxyl groups is 3. The molecule has 1 fully saturated rings. The smallest absolute Gasteiger partial charge is 0.173 e. The normalized spacial score (nSPS) is 28.5. The van der Waals surface area contributed by atoms with E-state index in [1.807, 2.05) is 0 Å². The van der Waals surface area contributed by atoms with Crippen LogP contribution in [0.25, 0.3) is 11.1 Å². The van der Waals surface area contributed by atoms with E-state index in [0.717, 1.165) is 11.1 Å². The molecule has 0 radical (unpaired) electrons. The van der Waals surface area contributed by atoms with Gasteiger partial charge < -0.3 is 24.6 Å². The van der Waals surface area contributed by atoms with Crippen LogP contribution < -0.4 is 4.74 Å². The molecule has 8 heteroatoms. The van der Waals surface area contributed by atoms with Crippen molar-refractivity contribution in [3.63, 3.8) is 0 Å². The Balaban J connectivity index is 1.78. The molecule has 3 heterocycles. The second kappa shape index (κ2) is 6.25. The fraction of sp³-hybridized carbons (Fsp3) is 0.429. The zero-order valence-corrected chi connectivity index (χ0v) is 12.6. The van der Waals surface area contributed by atoms with Gasteiger partial charge in [-0.3, -0.25) is 4.98 Å². The molecule has 7 nitrogen and oxygen atoms in total. The Hall–Kier alpha value is -1.61. The van der Waals surface area contributed by atoms with E-state index in [-0.39, 0.29) is 0 Å². The first-order valence-electron chi connectivity index (χ1n) is 6.75. The Kier molecular flexibility index (Phi) is 4.34. The van der Waals surface area contributed by atoms with Crippen LogP contribution in [0.5, 0.6) is 5.75 Å². The van der Waals surface area contributed by atoms with E-state index in [2.05, 4.69) is 10.1 Å². The second-order valence-electron chi connectivity index (χ2n) is 5.07. The molecule has 3 N–H and O–H groups in total. The highest BCUT2D eigenvalue weighted by Crippen LogP contribution is 2.31. The summed E-state index contributed by atoms with van der Waals surface area (Å²) in [5.41, 5.74) is 0.927. The van der Waals surface area contributed by atoms with Gasteiger partial charge in [0.25, 0.3) is 0 Å². The van der Waals surface area contributed by atoms with Crippen molar-refractivity contribution in [2.45, 2.75) is 30.7 Å². The minimum absolute atomic E-state index is 0.292. The van der Waals surface area contributed by atoms with Crippen LogP contribution in [0.3, 0.4) is 0 Å². The molecule has 1 saturated heterocycles. The number of ether oxygens (including phenoxy) is 1. The van der Waals surface area contributed by atoms with E-state index in [1.165, 1.54) is 18.0 Å². The Bertz CT molecular complexity index is 650. The molecule has 0 bridgehead atoms. The van der Waals surface area contributed by atoms with E-state index in [1.54, 1.807) is 25.4 Å². The van der Waals surface area contributed by atoms with Gasteiger partial charge in [0.05, 0.1) is 18.5 Å². The third-order valence-corrected chi connectivity index (χ3v) is 4.72. The van der Waals surface area contributed by atoms with Gasteiger partial charge in [-0.25, -0.2) is 0 Å². The molecule has 0 unspecified atom stereocenters. The molecule has 0 spiro atoms. The first kappa shape index (κ1) is 15.3. The molecule has 118 valence electrons. The highest BCUT2D eigenvalue weighted by atomic mass is 32.2. The summed E-state index contributed by atoms with van der Waals surface area (Å²) in [6.07, 6.45) is 1.44. The van der Waals surface area contributed by atoms with E-state index in [9.17, 15) is 15.3 Å². The van der Waals surface area contributed by atoms with Crippen LogP contribution in [0.15, 0.2) is 29.2 Å². The predicted octanol–water partition coefficient (Wildman–Crippen LogP) is 0.579. The number of thioether (sulfide) groups is 1. The van der Waals surface area contributed by atoms with E-state index >= 15 is 0 Å². The molecule has 2 aromatic heterocycles. The van der Waals surface area contributed by atoms with Gasteiger partial charge in [0.2, 0.25) is 0 Å². The number of aryl methyl sites for hydroxylation is 1. The lowest BCUT2D eigenvalue weighted by Gasteiger charge is -2.34. The summed E-state index contributed by atoms with van der Waals surface area (Å²) in [7, 11) is 0. The number of hydrogen-bond acceptors (Lipinski definition) is 8. The van der Waals surface area contributed by atoms with Crippen molar-refractivity contribution < 1.29 is 24.6 Å². The summed E-state index contributed by atoms with van der Waals surface area (Å²) < 4.78 is 10.7. The van der Waals surface area contributed by atoms with Crippen LogP contribution in [-0.2, 0) is 0 Å². The van der Waals surface area contributed by atoms with Crippen LogP contribution >= 0.6 is 11.8 Å². The monoisotopic (exact) mass is 324 g/mol. The van der Waals surface area contributed by atoms with Gasteiger partial charge >= 0.3 is 0 Å². The SMILES string of the molecule is Cc1oncc1-c1cncc(O[C@@H]2SC[C@@H](O)[C@H](O)[C@H]2O)c1. The molecule has 4 atom stereocenters. The van der Waals surface area contributed by atoms with Crippen molar-refractivity contribution in [2.75, 3.05) is 5.75 Å². The second-order valence-corrected chi connectivity index (χ2v) is 6.20. The summed E-state index contributed by atoms with van der Waals surface area (Å²) in [6, 6.07) is 1.76. The van der Waals surface area contributed by atoms with Crippen LogP contribution in [0.4, 0.5) is 0 Å². The van der Waals surface area contributed by atoms with Gasteiger partial charge in [-0.2, -0.15) is 0 Å². The maximum Gasteiger partial charge on any atom is 0.173 e. The average molecular weight is 324 g/mol. The average Bonchev–Trinajstić information content (AvgIpc) is 2.94. The van der Waals surface area contributed by atoms with Crippen LogP contribution in [-0.4, -0.2) is 55.0 Å². The van der Waals surface area contributed by atoms with Gasteiger partial charge in [-0.1, -0.05) is 5.16 Å². The third kappa shape index (κ3) is 2.95. The molecule has 0 aromatic carbocycles. The first-order valence-corrected chi connectivity index (χ1v) is 7.80. The fourth-order valence-electron chi connectivity index (χ4n) is 2.22. The summed E-state index contributed by atoms with van der Waals surface area (Å²) >= 11 is 1.24. The number of aromatic nitrogens is 2. The highest BCUT2D eigenvalue weighted by molar-refractivity contribution is 7.99. The molecule has 0 saturated carbocycles. The zero-order valence-electron chi connectivity index (χ0n) is 11.8. The molecule has 22 heavy (non-hydrogen) atoms. The van der Waals surface area contributed by atoms with Gasteiger partial charge in [0.15, 0.2) is 5.44 Å². The van der Waals surface area contributed by atoms with Gasteiger partial charge in [0.1, 0.15) is 23.7 Å². The van der Waals surface area contributed by atoms with E-state index < -0.39 is 23.7 Å². The van der Waals surface area contributed by atoms with Crippen molar-refractivity contribution in [3.05, 3.63) is 30.4 Å². The molecule has 0 aliphatic carbocycles. The molecule has 2 aromatic rings. The fourth-order valence-corrected chi connectivity index (χ4v) is 3.34. The summed E-state index contributed by atoms with van der Waals surface area (Å²) in [4.78, 5) is 4.11. The molecule has 1 aliphatic heterocycles. The summed E-state index contributed by atoms with van der Waals surface area (Å²) in [6.45, 7) is 1.80.